The number of thiophene rings is 1. The normalized spacial score (nSPS) is 12.1. The van der Waals surface area contributed by atoms with Crippen molar-refractivity contribution in [1.29, 1.82) is 0 Å². The number of benzene rings is 1. The minimum absolute atomic E-state index is 1.01. The van der Waals surface area contributed by atoms with Gasteiger partial charge >= 0.3 is 0 Å². The van der Waals surface area contributed by atoms with Crippen molar-refractivity contribution in [2.24, 2.45) is 0 Å². The fourth-order valence-corrected chi connectivity index (χ4v) is 6.79. The topological polar surface area (TPSA) is 9.86 Å². The molecule has 0 atom stereocenters. The molecule has 0 spiro atoms. The molecule has 0 aliphatic heterocycles. The van der Waals surface area contributed by atoms with Gasteiger partial charge in [-0.2, -0.15) is 0 Å². The van der Waals surface area contributed by atoms with Crippen molar-refractivity contribution in [3.63, 3.8) is 0 Å². The van der Waals surface area contributed by atoms with Crippen molar-refractivity contribution in [1.82, 2.24) is 9.13 Å². The Bertz CT molecular complexity index is 1850. The fourth-order valence-electron chi connectivity index (χ4n) is 5.76. The summed E-state index contributed by atoms with van der Waals surface area (Å²) >= 11 is 1.81. The van der Waals surface area contributed by atoms with Gasteiger partial charge in [0.05, 0.1) is 17.1 Å². The van der Waals surface area contributed by atoms with Gasteiger partial charge in [-0.05, 0) is 87.4 Å². The molecule has 4 aromatic rings. The third kappa shape index (κ3) is 5.52. The lowest BCUT2D eigenvalue weighted by molar-refractivity contribution is 1.05. The second-order valence-electron chi connectivity index (χ2n) is 10.1. The molecule has 43 heavy (non-hydrogen) atoms. The van der Waals surface area contributed by atoms with E-state index in [0.29, 0.717) is 0 Å². The molecular weight excluding hydrogens is 541 g/mol. The first-order chi connectivity index (χ1) is 20.8. The maximum absolute atomic E-state index is 4.13. The lowest BCUT2D eigenvalue weighted by atomic mass is 10.1. The number of fused-ring (bicyclic) bond motifs is 1. The number of aromatic nitrogens is 2. The predicted molar refractivity (Wildman–Crippen MR) is 198 cm³/mol. The molecule has 3 aromatic heterocycles. The summed E-state index contributed by atoms with van der Waals surface area (Å²) in [4.78, 5) is 1.26. The fraction of sp³-hybridized carbons (Fsp3) is 0.100. The second kappa shape index (κ2) is 13.4. The summed E-state index contributed by atoms with van der Waals surface area (Å²) < 4.78 is 5.77. The van der Waals surface area contributed by atoms with Gasteiger partial charge in [-0.25, -0.2) is 0 Å². The van der Waals surface area contributed by atoms with E-state index in [1.807, 2.05) is 54.7 Å². The highest BCUT2D eigenvalue weighted by molar-refractivity contribution is 7.19. The van der Waals surface area contributed by atoms with Crippen molar-refractivity contribution < 1.29 is 0 Å². The monoisotopic (exact) mass is 580 g/mol. The summed E-state index contributed by atoms with van der Waals surface area (Å²) in [5, 5.41) is 1.20. The Morgan fingerprint density at radius 2 is 1.33 bits per heavy atom. The molecular formula is C40H40N2S. The first-order valence-corrected chi connectivity index (χ1v) is 15.1. The van der Waals surface area contributed by atoms with Crippen LogP contribution in [-0.4, -0.2) is 9.13 Å². The standard InChI is InChI=1S/C40H40N2S/c1-11-18-21-38-32(15-5)33(16-6)39(22-19-12-2)42(38)30-23-24-40-35(26-30)34(29(10)43-40)25-27(8)41-36(17-7)31(14-4)28(9)37(41)20-13-3/h11-26H,1-2,4-7H2,3,8-10H3/b20-13-,21-18-,22-19-,27-25+. The molecule has 0 saturated heterocycles. The highest BCUT2D eigenvalue weighted by atomic mass is 32.1. The zero-order chi connectivity index (χ0) is 31.3. The van der Waals surface area contributed by atoms with Crippen LogP contribution in [0.25, 0.3) is 70.1 Å². The van der Waals surface area contributed by atoms with Gasteiger partial charge in [0, 0.05) is 48.7 Å². The summed E-state index contributed by atoms with van der Waals surface area (Å²) in [5.74, 6) is 0. The van der Waals surface area contributed by atoms with Crippen LogP contribution in [0.15, 0.2) is 88.1 Å². The van der Waals surface area contributed by atoms with E-state index in [-0.39, 0.29) is 0 Å². The largest absolute Gasteiger partial charge is 0.314 e. The van der Waals surface area contributed by atoms with Gasteiger partial charge < -0.3 is 9.13 Å². The van der Waals surface area contributed by atoms with Crippen molar-refractivity contribution >= 4 is 75.7 Å². The van der Waals surface area contributed by atoms with E-state index in [0.717, 1.165) is 50.9 Å². The number of hydrogen-bond donors (Lipinski definition) is 0. The molecule has 3 heterocycles. The minimum atomic E-state index is 1.01. The van der Waals surface area contributed by atoms with E-state index in [9.17, 15) is 0 Å². The highest BCUT2D eigenvalue weighted by Gasteiger charge is 2.20. The van der Waals surface area contributed by atoms with E-state index >= 15 is 0 Å². The molecule has 1 aromatic carbocycles. The van der Waals surface area contributed by atoms with Crippen molar-refractivity contribution in [2.75, 3.05) is 0 Å². The predicted octanol–water partition coefficient (Wildman–Crippen LogP) is 12.1. The summed E-state index contributed by atoms with van der Waals surface area (Å²) in [6.07, 6.45) is 25.8. The van der Waals surface area contributed by atoms with Crippen LogP contribution in [0.2, 0.25) is 0 Å². The maximum atomic E-state index is 4.13. The Morgan fingerprint density at radius 3 is 1.84 bits per heavy atom. The van der Waals surface area contributed by atoms with Crippen LogP contribution in [0.3, 0.4) is 0 Å². The van der Waals surface area contributed by atoms with Crippen molar-refractivity contribution in [2.45, 2.75) is 27.7 Å². The molecule has 2 nitrogen and oxygen atoms in total. The molecule has 0 aliphatic rings. The third-order valence-corrected chi connectivity index (χ3v) is 8.74. The number of aryl methyl sites for hydroxylation is 1. The van der Waals surface area contributed by atoms with Gasteiger partial charge in [0.25, 0.3) is 0 Å². The van der Waals surface area contributed by atoms with E-state index in [2.05, 4.69) is 118 Å². The molecule has 0 bridgehead atoms. The summed E-state index contributed by atoms with van der Waals surface area (Å²) in [6.45, 7) is 32.8. The van der Waals surface area contributed by atoms with Gasteiger partial charge in [-0.15, -0.1) is 11.3 Å². The second-order valence-corrected chi connectivity index (χ2v) is 11.4. The van der Waals surface area contributed by atoms with Crippen LogP contribution in [-0.2, 0) is 0 Å². The average Bonchev–Trinajstić information content (AvgIpc) is 3.59. The molecule has 216 valence electrons. The number of rotatable bonds is 12. The van der Waals surface area contributed by atoms with Crippen LogP contribution in [0.5, 0.6) is 0 Å². The van der Waals surface area contributed by atoms with Crippen LogP contribution in [0.4, 0.5) is 0 Å². The Kier molecular flexibility index (Phi) is 9.70. The van der Waals surface area contributed by atoms with Crippen LogP contribution in [0.1, 0.15) is 69.3 Å². The van der Waals surface area contributed by atoms with Crippen molar-refractivity contribution in [3.05, 3.63) is 144 Å². The maximum Gasteiger partial charge on any atom is 0.0540 e. The molecule has 0 radical (unpaired) electrons. The molecule has 0 aliphatic carbocycles. The molecule has 0 unspecified atom stereocenters. The van der Waals surface area contributed by atoms with E-state index in [1.165, 1.54) is 26.1 Å². The van der Waals surface area contributed by atoms with Crippen LogP contribution < -0.4 is 0 Å². The van der Waals surface area contributed by atoms with E-state index in [1.54, 1.807) is 12.2 Å². The van der Waals surface area contributed by atoms with Crippen molar-refractivity contribution in [3.8, 4) is 5.69 Å². The lowest BCUT2D eigenvalue weighted by Gasteiger charge is -2.13. The van der Waals surface area contributed by atoms with Gasteiger partial charge in [0.1, 0.15) is 0 Å². The molecule has 3 heteroatoms. The highest BCUT2D eigenvalue weighted by Crippen LogP contribution is 2.38. The Hall–Kier alpha value is -4.86. The van der Waals surface area contributed by atoms with Crippen LogP contribution in [0, 0.1) is 13.8 Å². The SMILES string of the molecule is C=C/C=C\c1c(C=C)c(C=C)c(/C=C\C=C)n1-c1ccc2sc(C)c(/C=C(\C)n3c(C=C)c(C=C)c(C)c3/C=C\C)c2c1. The first-order valence-electron chi connectivity index (χ1n) is 14.3. The zero-order valence-corrected chi connectivity index (χ0v) is 26.6. The van der Waals surface area contributed by atoms with Gasteiger partial charge in [0.2, 0.25) is 0 Å². The molecule has 4 rings (SSSR count). The van der Waals surface area contributed by atoms with Gasteiger partial charge in [-0.1, -0.05) is 88.1 Å². The summed E-state index contributed by atoms with van der Waals surface area (Å²) in [6, 6.07) is 6.68. The minimum Gasteiger partial charge on any atom is -0.314 e. The smallest absolute Gasteiger partial charge is 0.0540 e. The van der Waals surface area contributed by atoms with Gasteiger partial charge in [-0.3, -0.25) is 0 Å². The molecule has 0 N–H and O–H groups in total. The van der Waals surface area contributed by atoms with E-state index in [4.69, 9.17) is 0 Å². The third-order valence-electron chi connectivity index (χ3n) is 7.64. The number of allylic oxidation sites excluding steroid dienone is 6. The Labute approximate surface area is 261 Å². The quantitative estimate of drug-likeness (QED) is 0.148. The Balaban J connectivity index is 2.04. The number of nitrogens with zero attached hydrogens (tertiary/aromatic N) is 2. The number of hydrogen-bond acceptors (Lipinski definition) is 1. The van der Waals surface area contributed by atoms with Gasteiger partial charge in [0.15, 0.2) is 0 Å². The molecule has 0 amide bonds. The average molecular weight is 581 g/mol. The zero-order valence-electron chi connectivity index (χ0n) is 25.8. The summed E-state index contributed by atoms with van der Waals surface area (Å²) in [7, 11) is 0. The van der Waals surface area contributed by atoms with E-state index < -0.39 is 0 Å². The lowest BCUT2D eigenvalue weighted by Crippen LogP contribution is -2.00. The summed E-state index contributed by atoms with van der Waals surface area (Å²) in [5.41, 5.74) is 11.9. The molecule has 0 fully saturated rings. The van der Waals surface area contributed by atoms with Crippen LogP contribution >= 0.6 is 11.3 Å². The first kappa shape index (κ1) is 31.1. The Morgan fingerprint density at radius 1 is 0.721 bits per heavy atom. The molecule has 0 saturated carbocycles.